The summed E-state index contributed by atoms with van der Waals surface area (Å²) in [5.74, 6) is 1.74. The standard InChI is InChI=1S/C20H30N8O/c1-14-8-24-19(12-22-14)27-18-7-16(23-10-15-5-4-6-21-9-15)17(11-25-18)26-20(29)13-28(2)3/h7-8,11-12,15,21H,4-6,9-10,13H2,1-3H3,(H,26,29)(H2,23,24,25,27). The lowest BCUT2D eigenvalue weighted by Gasteiger charge is -2.24. The zero-order valence-corrected chi connectivity index (χ0v) is 17.3. The van der Waals surface area contributed by atoms with Crippen LogP contribution in [0.2, 0.25) is 0 Å². The van der Waals surface area contributed by atoms with Gasteiger partial charge in [0.25, 0.3) is 0 Å². The molecule has 1 aliphatic rings. The van der Waals surface area contributed by atoms with E-state index in [9.17, 15) is 4.79 Å². The summed E-state index contributed by atoms with van der Waals surface area (Å²) in [6, 6.07) is 1.89. The Bertz CT molecular complexity index is 803. The van der Waals surface area contributed by atoms with Crippen molar-refractivity contribution in [3.63, 3.8) is 0 Å². The summed E-state index contributed by atoms with van der Waals surface area (Å²) in [6.07, 6.45) is 7.42. The lowest BCUT2D eigenvalue weighted by Crippen LogP contribution is -2.33. The van der Waals surface area contributed by atoms with Crippen molar-refractivity contribution in [2.24, 2.45) is 5.92 Å². The Balaban J connectivity index is 1.74. The highest BCUT2D eigenvalue weighted by atomic mass is 16.2. The van der Waals surface area contributed by atoms with Crippen molar-refractivity contribution in [2.45, 2.75) is 19.8 Å². The highest BCUT2D eigenvalue weighted by Gasteiger charge is 2.15. The summed E-state index contributed by atoms with van der Waals surface area (Å²) in [7, 11) is 3.73. The van der Waals surface area contributed by atoms with E-state index in [1.165, 1.54) is 12.8 Å². The molecule has 1 fully saturated rings. The average molecular weight is 399 g/mol. The molecule has 1 unspecified atom stereocenters. The zero-order chi connectivity index (χ0) is 20.6. The molecule has 3 heterocycles. The van der Waals surface area contributed by atoms with Gasteiger partial charge in [-0.2, -0.15) is 0 Å². The van der Waals surface area contributed by atoms with Gasteiger partial charge in [0, 0.05) is 12.6 Å². The number of pyridine rings is 1. The number of nitrogens with one attached hydrogen (secondary N) is 4. The summed E-state index contributed by atoms with van der Waals surface area (Å²) in [4.78, 5) is 27.0. The monoisotopic (exact) mass is 398 g/mol. The van der Waals surface area contributed by atoms with Crippen molar-refractivity contribution in [2.75, 3.05) is 56.2 Å². The second-order valence-electron chi connectivity index (χ2n) is 7.66. The van der Waals surface area contributed by atoms with Crippen LogP contribution in [0.4, 0.5) is 23.0 Å². The molecule has 3 rings (SSSR count). The highest BCUT2D eigenvalue weighted by Crippen LogP contribution is 2.26. The number of hydrogen-bond donors (Lipinski definition) is 4. The van der Waals surface area contributed by atoms with Gasteiger partial charge in [-0.05, 0) is 52.9 Å². The number of carbonyl (C=O) groups is 1. The number of hydrogen-bond acceptors (Lipinski definition) is 8. The fourth-order valence-corrected chi connectivity index (χ4v) is 3.19. The zero-order valence-electron chi connectivity index (χ0n) is 17.3. The molecule has 2 aromatic heterocycles. The van der Waals surface area contributed by atoms with Gasteiger partial charge in [-0.3, -0.25) is 9.78 Å². The van der Waals surface area contributed by atoms with E-state index in [-0.39, 0.29) is 5.91 Å². The lowest BCUT2D eigenvalue weighted by molar-refractivity contribution is -0.116. The predicted octanol–water partition coefficient (Wildman–Crippen LogP) is 1.84. The van der Waals surface area contributed by atoms with Crippen LogP contribution in [0.25, 0.3) is 0 Å². The Morgan fingerprint density at radius 3 is 2.69 bits per heavy atom. The number of rotatable bonds is 8. The minimum Gasteiger partial charge on any atom is -0.383 e. The largest absolute Gasteiger partial charge is 0.383 e. The molecular formula is C20H30N8O. The van der Waals surface area contributed by atoms with Crippen LogP contribution in [0, 0.1) is 12.8 Å². The number of piperidine rings is 1. The molecule has 1 saturated heterocycles. The Morgan fingerprint density at radius 2 is 2.00 bits per heavy atom. The van der Waals surface area contributed by atoms with E-state index < -0.39 is 0 Å². The molecule has 0 radical (unpaired) electrons. The van der Waals surface area contributed by atoms with Gasteiger partial charge in [-0.25, -0.2) is 9.97 Å². The number of nitrogens with zero attached hydrogens (tertiary/aromatic N) is 4. The van der Waals surface area contributed by atoms with Crippen LogP contribution in [-0.2, 0) is 4.79 Å². The topological polar surface area (TPSA) is 107 Å². The van der Waals surface area contributed by atoms with Crippen molar-refractivity contribution >= 4 is 28.9 Å². The van der Waals surface area contributed by atoms with E-state index in [0.717, 1.165) is 31.0 Å². The number of likely N-dealkylation sites (N-methyl/N-ethyl adjacent to an activating group) is 1. The van der Waals surface area contributed by atoms with E-state index in [0.29, 0.717) is 29.8 Å². The second-order valence-corrected chi connectivity index (χ2v) is 7.66. The molecule has 1 atom stereocenters. The minimum absolute atomic E-state index is 0.0794. The van der Waals surface area contributed by atoms with E-state index in [1.807, 2.05) is 32.0 Å². The minimum atomic E-state index is -0.0794. The number of aromatic nitrogens is 3. The maximum absolute atomic E-state index is 12.2. The second kappa shape index (κ2) is 10.1. The summed E-state index contributed by atoms with van der Waals surface area (Å²) < 4.78 is 0. The summed E-state index contributed by atoms with van der Waals surface area (Å²) in [5.41, 5.74) is 2.35. The summed E-state index contributed by atoms with van der Waals surface area (Å²) in [6.45, 7) is 5.12. The molecule has 0 aromatic carbocycles. The Hall–Kier alpha value is -2.78. The molecule has 0 aliphatic carbocycles. The molecule has 4 N–H and O–H groups in total. The molecule has 2 aromatic rings. The molecule has 29 heavy (non-hydrogen) atoms. The first-order valence-electron chi connectivity index (χ1n) is 9.94. The molecular weight excluding hydrogens is 368 g/mol. The van der Waals surface area contributed by atoms with Gasteiger partial charge >= 0.3 is 0 Å². The van der Waals surface area contributed by atoms with Gasteiger partial charge in [0.1, 0.15) is 11.6 Å². The Kier molecular flexibility index (Phi) is 7.31. The number of anilines is 4. The van der Waals surface area contributed by atoms with Crippen molar-refractivity contribution in [3.05, 3.63) is 30.4 Å². The number of aryl methyl sites for hydroxylation is 1. The van der Waals surface area contributed by atoms with E-state index in [4.69, 9.17) is 0 Å². The fourth-order valence-electron chi connectivity index (χ4n) is 3.19. The van der Waals surface area contributed by atoms with Crippen LogP contribution < -0.4 is 21.3 Å². The predicted molar refractivity (Wildman–Crippen MR) is 116 cm³/mol. The molecule has 1 aliphatic heterocycles. The first-order chi connectivity index (χ1) is 14.0. The average Bonchev–Trinajstić information content (AvgIpc) is 2.70. The molecule has 0 spiro atoms. The number of amides is 1. The molecule has 0 saturated carbocycles. The van der Waals surface area contributed by atoms with Crippen LogP contribution >= 0.6 is 0 Å². The molecule has 1 amide bonds. The summed E-state index contributed by atoms with van der Waals surface area (Å²) in [5, 5.41) is 13.0. The van der Waals surface area contributed by atoms with Crippen LogP contribution in [0.15, 0.2) is 24.7 Å². The third kappa shape index (κ3) is 6.65. The quantitative estimate of drug-likeness (QED) is 0.534. The van der Waals surface area contributed by atoms with E-state index >= 15 is 0 Å². The first kappa shape index (κ1) is 20.9. The van der Waals surface area contributed by atoms with Crippen LogP contribution in [-0.4, -0.2) is 66.0 Å². The van der Waals surface area contributed by atoms with Crippen molar-refractivity contribution in [3.8, 4) is 0 Å². The van der Waals surface area contributed by atoms with Crippen LogP contribution in [0.5, 0.6) is 0 Å². The maximum Gasteiger partial charge on any atom is 0.238 e. The lowest BCUT2D eigenvalue weighted by atomic mass is 10.00. The molecule has 0 bridgehead atoms. The van der Waals surface area contributed by atoms with Crippen LogP contribution in [0.1, 0.15) is 18.5 Å². The van der Waals surface area contributed by atoms with Gasteiger partial charge in [0.05, 0.1) is 42.2 Å². The normalized spacial score (nSPS) is 16.5. The smallest absolute Gasteiger partial charge is 0.238 e. The van der Waals surface area contributed by atoms with Crippen molar-refractivity contribution in [1.29, 1.82) is 0 Å². The van der Waals surface area contributed by atoms with Gasteiger partial charge in [-0.15, -0.1) is 0 Å². The molecule has 156 valence electrons. The van der Waals surface area contributed by atoms with Crippen LogP contribution in [0.3, 0.4) is 0 Å². The Morgan fingerprint density at radius 1 is 1.17 bits per heavy atom. The fraction of sp³-hybridized carbons (Fsp3) is 0.500. The third-order valence-corrected chi connectivity index (χ3v) is 4.66. The van der Waals surface area contributed by atoms with Crippen molar-refractivity contribution < 1.29 is 4.79 Å². The van der Waals surface area contributed by atoms with Gasteiger partial charge in [0.15, 0.2) is 0 Å². The van der Waals surface area contributed by atoms with E-state index in [1.54, 1.807) is 18.6 Å². The molecule has 9 nitrogen and oxygen atoms in total. The highest BCUT2D eigenvalue weighted by molar-refractivity contribution is 5.95. The third-order valence-electron chi connectivity index (χ3n) is 4.66. The van der Waals surface area contributed by atoms with Crippen molar-refractivity contribution in [1.82, 2.24) is 25.2 Å². The van der Waals surface area contributed by atoms with Gasteiger partial charge < -0.3 is 26.2 Å². The van der Waals surface area contributed by atoms with Gasteiger partial charge in [-0.1, -0.05) is 0 Å². The summed E-state index contributed by atoms with van der Waals surface area (Å²) >= 11 is 0. The maximum atomic E-state index is 12.2. The Labute approximate surface area is 171 Å². The van der Waals surface area contributed by atoms with Gasteiger partial charge in [0.2, 0.25) is 5.91 Å². The SMILES string of the molecule is Cc1cnc(Nc2cc(NCC3CCCNC3)c(NC(=O)CN(C)C)cn2)cn1. The number of carbonyl (C=O) groups excluding carboxylic acids is 1. The van der Waals surface area contributed by atoms with E-state index in [2.05, 4.69) is 36.2 Å². The first-order valence-corrected chi connectivity index (χ1v) is 9.94. The molecule has 9 heteroatoms.